The highest BCUT2D eigenvalue weighted by Gasteiger charge is 2.26. The number of hydrogen-bond donors (Lipinski definition) is 1. The van der Waals surface area contributed by atoms with Gasteiger partial charge >= 0.3 is 0 Å². The molecular formula is C21H25ClN4O3. The summed E-state index contributed by atoms with van der Waals surface area (Å²) in [5.74, 6) is 0.869. The molecule has 2 aromatic heterocycles. The number of furan rings is 1. The Bertz CT molecular complexity index is 857. The second-order valence-corrected chi connectivity index (χ2v) is 8.00. The first-order valence-corrected chi connectivity index (χ1v) is 10.5. The van der Waals surface area contributed by atoms with Crippen molar-refractivity contribution in [2.75, 3.05) is 31.5 Å². The van der Waals surface area contributed by atoms with Gasteiger partial charge in [-0.2, -0.15) is 0 Å². The second-order valence-electron chi connectivity index (χ2n) is 7.60. The Balaban J connectivity index is 1.33. The van der Waals surface area contributed by atoms with E-state index in [1.807, 2.05) is 4.90 Å². The fraction of sp³-hybridized carbons (Fsp3) is 0.476. The van der Waals surface area contributed by atoms with Crippen LogP contribution in [0.2, 0.25) is 5.02 Å². The van der Waals surface area contributed by atoms with Gasteiger partial charge < -0.3 is 19.5 Å². The van der Waals surface area contributed by atoms with Gasteiger partial charge in [0, 0.05) is 38.4 Å². The molecule has 0 saturated carbocycles. The molecule has 0 atom stereocenters. The van der Waals surface area contributed by atoms with Gasteiger partial charge in [-0.3, -0.25) is 9.59 Å². The molecule has 0 bridgehead atoms. The van der Waals surface area contributed by atoms with Crippen LogP contribution in [-0.4, -0.2) is 58.8 Å². The maximum Gasteiger partial charge on any atom is 0.289 e. The van der Waals surface area contributed by atoms with E-state index in [0.717, 1.165) is 38.8 Å². The van der Waals surface area contributed by atoms with Crippen LogP contribution in [0.4, 0.5) is 5.82 Å². The molecule has 4 heterocycles. The van der Waals surface area contributed by atoms with E-state index in [9.17, 15) is 9.59 Å². The summed E-state index contributed by atoms with van der Waals surface area (Å²) in [6.07, 6.45) is 7.96. The van der Waals surface area contributed by atoms with Gasteiger partial charge in [-0.05, 0) is 50.3 Å². The highest BCUT2D eigenvalue weighted by atomic mass is 35.5. The van der Waals surface area contributed by atoms with Crippen molar-refractivity contribution in [1.29, 1.82) is 0 Å². The molecule has 2 fully saturated rings. The van der Waals surface area contributed by atoms with Gasteiger partial charge in [-0.15, -0.1) is 0 Å². The van der Waals surface area contributed by atoms with Crippen LogP contribution >= 0.6 is 11.6 Å². The fourth-order valence-corrected chi connectivity index (χ4v) is 4.14. The van der Waals surface area contributed by atoms with Crippen molar-refractivity contribution in [1.82, 2.24) is 14.8 Å². The third-order valence-electron chi connectivity index (χ3n) is 5.59. The summed E-state index contributed by atoms with van der Waals surface area (Å²) in [5, 5.41) is 3.81. The van der Waals surface area contributed by atoms with E-state index in [1.54, 1.807) is 29.3 Å². The lowest BCUT2D eigenvalue weighted by Gasteiger charge is -2.32. The van der Waals surface area contributed by atoms with Crippen molar-refractivity contribution in [3.05, 3.63) is 47.0 Å². The van der Waals surface area contributed by atoms with Crippen molar-refractivity contribution in [3.8, 4) is 0 Å². The Hall–Kier alpha value is -2.54. The van der Waals surface area contributed by atoms with Crippen molar-refractivity contribution in [3.63, 3.8) is 0 Å². The lowest BCUT2D eigenvalue weighted by atomic mass is 10.0. The molecule has 2 aromatic rings. The summed E-state index contributed by atoms with van der Waals surface area (Å²) in [7, 11) is 0. The zero-order valence-electron chi connectivity index (χ0n) is 16.3. The molecule has 29 heavy (non-hydrogen) atoms. The summed E-state index contributed by atoms with van der Waals surface area (Å²) < 4.78 is 5.20. The fourth-order valence-electron chi connectivity index (χ4n) is 3.92. The van der Waals surface area contributed by atoms with E-state index in [1.165, 1.54) is 12.7 Å². The minimum Gasteiger partial charge on any atom is -0.459 e. The SMILES string of the molecule is O=C(c1cnc(NC2CCN(C(=O)c3ccco3)CC2)c(Cl)c1)N1CCCCC1. The van der Waals surface area contributed by atoms with Crippen molar-refractivity contribution in [2.24, 2.45) is 0 Å². The third-order valence-corrected chi connectivity index (χ3v) is 5.87. The number of hydrogen-bond acceptors (Lipinski definition) is 5. The quantitative estimate of drug-likeness (QED) is 0.822. The Morgan fingerprint density at radius 3 is 2.45 bits per heavy atom. The summed E-state index contributed by atoms with van der Waals surface area (Å²) in [4.78, 5) is 33.0. The number of likely N-dealkylation sites (tertiary alicyclic amines) is 2. The summed E-state index contributed by atoms with van der Waals surface area (Å²) in [6.45, 7) is 2.87. The largest absolute Gasteiger partial charge is 0.459 e. The predicted octanol–water partition coefficient (Wildman–Crippen LogP) is 3.67. The van der Waals surface area contributed by atoms with E-state index in [-0.39, 0.29) is 17.9 Å². The van der Waals surface area contributed by atoms with E-state index in [0.29, 0.717) is 35.3 Å². The predicted molar refractivity (Wildman–Crippen MR) is 110 cm³/mol. The molecule has 0 radical (unpaired) electrons. The van der Waals surface area contributed by atoms with Gasteiger partial charge in [0.15, 0.2) is 5.76 Å². The van der Waals surface area contributed by atoms with Crippen LogP contribution in [0.5, 0.6) is 0 Å². The molecule has 2 aliphatic rings. The average Bonchev–Trinajstić information content (AvgIpc) is 3.30. The van der Waals surface area contributed by atoms with Crippen molar-refractivity contribution >= 4 is 29.2 Å². The number of aromatic nitrogens is 1. The van der Waals surface area contributed by atoms with Crippen LogP contribution in [0.1, 0.15) is 53.0 Å². The van der Waals surface area contributed by atoms with E-state index in [4.69, 9.17) is 16.0 Å². The number of pyridine rings is 1. The lowest BCUT2D eigenvalue weighted by Crippen LogP contribution is -2.42. The van der Waals surface area contributed by atoms with Crippen molar-refractivity contribution < 1.29 is 14.0 Å². The molecule has 2 amide bonds. The van der Waals surface area contributed by atoms with E-state index >= 15 is 0 Å². The molecule has 2 saturated heterocycles. The van der Waals surface area contributed by atoms with Gasteiger partial charge in [0.2, 0.25) is 0 Å². The Morgan fingerprint density at radius 2 is 1.79 bits per heavy atom. The van der Waals surface area contributed by atoms with Gasteiger partial charge in [0.25, 0.3) is 11.8 Å². The number of carbonyl (C=O) groups is 2. The molecular weight excluding hydrogens is 392 g/mol. The number of amides is 2. The summed E-state index contributed by atoms with van der Waals surface area (Å²) in [5.41, 5.74) is 0.529. The monoisotopic (exact) mass is 416 g/mol. The molecule has 154 valence electrons. The number of halogens is 1. The average molecular weight is 417 g/mol. The molecule has 7 nitrogen and oxygen atoms in total. The van der Waals surface area contributed by atoms with Crippen LogP contribution in [0, 0.1) is 0 Å². The zero-order valence-corrected chi connectivity index (χ0v) is 17.0. The van der Waals surface area contributed by atoms with Crippen LogP contribution in [0.3, 0.4) is 0 Å². The maximum atomic E-state index is 12.6. The third kappa shape index (κ3) is 4.56. The second kappa shape index (κ2) is 8.86. The highest BCUT2D eigenvalue weighted by Crippen LogP contribution is 2.25. The molecule has 0 aromatic carbocycles. The van der Waals surface area contributed by atoms with Crippen LogP contribution in [-0.2, 0) is 0 Å². The lowest BCUT2D eigenvalue weighted by molar-refractivity contribution is 0.0685. The number of rotatable bonds is 4. The van der Waals surface area contributed by atoms with Gasteiger partial charge in [0.05, 0.1) is 16.8 Å². The molecule has 4 rings (SSSR count). The Labute approximate surface area is 175 Å². The van der Waals surface area contributed by atoms with Gasteiger partial charge in [0.1, 0.15) is 5.82 Å². The molecule has 1 N–H and O–H groups in total. The first-order chi connectivity index (χ1) is 14.1. The molecule has 0 aliphatic carbocycles. The normalized spacial score (nSPS) is 18.0. The van der Waals surface area contributed by atoms with Gasteiger partial charge in [-0.25, -0.2) is 4.98 Å². The first-order valence-electron chi connectivity index (χ1n) is 10.2. The van der Waals surface area contributed by atoms with Gasteiger partial charge in [-0.1, -0.05) is 11.6 Å². The maximum absolute atomic E-state index is 12.6. The van der Waals surface area contributed by atoms with Crippen molar-refractivity contribution in [2.45, 2.75) is 38.1 Å². The topological polar surface area (TPSA) is 78.7 Å². The standard InChI is InChI=1S/C21H25ClN4O3/c22-17-13-15(20(27)25-8-2-1-3-9-25)14-23-19(17)24-16-6-10-26(11-7-16)21(28)18-5-4-12-29-18/h4-5,12-14,16H,1-3,6-11H2,(H,23,24). The molecule has 2 aliphatic heterocycles. The Morgan fingerprint density at radius 1 is 1.07 bits per heavy atom. The van der Waals surface area contributed by atoms with Crippen LogP contribution in [0.15, 0.2) is 35.1 Å². The number of piperidine rings is 2. The minimum atomic E-state index is -0.0785. The molecule has 0 unspecified atom stereocenters. The highest BCUT2D eigenvalue weighted by molar-refractivity contribution is 6.33. The number of nitrogens with one attached hydrogen (secondary N) is 1. The smallest absolute Gasteiger partial charge is 0.289 e. The van der Waals surface area contributed by atoms with Crippen LogP contribution in [0.25, 0.3) is 0 Å². The number of anilines is 1. The number of nitrogens with zero attached hydrogens (tertiary/aromatic N) is 3. The molecule has 0 spiro atoms. The van der Waals surface area contributed by atoms with Crippen LogP contribution < -0.4 is 5.32 Å². The summed E-state index contributed by atoms with van der Waals surface area (Å²) in [6, 6.07) is 5.27. The minimum absolute atomic E-state index is 0.00426. The van der Waals surface area contributed by atoms with E-state index < -0.39 is 0 Å². The van der Waals surface area contributed by atoms with E-state index in [2.05, 4.69) is 10.3 Å². The summed E-state index contributed by atoms with van der Waals surface area (Å²) >= 11 is 6.41. The number of carbonyl (C=O) groups excluding carboxylic acids is 2. The Kier molecular flexibility index (Phi) is 6.04. The zero-order chi connectivity index (χ0) is 20.2. The first kappa shape index (κ1) is 19.8. The molecule has 8 heteroatoms.